The first-order valence-corrected chi connectivity index (χ1v) is 8.69. The largest absolute Gasteiger partial charge is 0.381 e. The lowest BCUT2D eigenvalue weighted by atomic mass is 9.74. The number of ether oxygens (including phenoxy) is 1. The molecule has 2 aromatic carbocycles. The van der Waals surface area contributed by atoms with Crippen LogP contribution in [-0.4, -0.2) is 25.7 Å². The van der Waals surface area contributed by atoms with E-state index in [9.17, 15) is 9.18 Å². The van der Waals surface area contributed by atoms with Crippen LogP contribution in [0.1, 0.15) is 39.9 Å². The Morgan fingerprint density at radius 3 is 2.44 bits per heavy atom. The Bertz CT molecular complexity index is 749. The fourth-order valence-electron chi connectivity index (χ4n) is 3.55. The summed E-state index contributed by atoms with van der Waals surface area (Å²) in [7, 11) is 0. The second kappa shape index (κ2) is 7.36. The van der Waals surface area contributed by atoms with Gasteiger partial charge in [-0.2, -0.15) is 0 Å². The molecule has 2 aromatic rings. The van der Waals surface area contributed by atoms with Crippen LogP contribution in [0.2, 0.25) is 0 Å². The Hall–Kier alpha value is -2.20. The fourth-order valence-corrected chi connectivity index (χ4v) is 3.55. The van der Waals surface area contributed by atoms with Gasteiger partial charge in [-0.15, -0.1) is 0 Å². The Kier molecular flexibility index (Phi) is 5.19. The van der Waals surface area contributed by atoms with Gasteiger partial charge in [0.15, 0.2) is 0 Å². The van der Waals surface area contributed by atoms with Crippen molar-refractivity contribution in [1.82, 2.24) is 5.32 Å². The summed E-state index contributed by atoms with van der Waals surface area (Å²) in [6.45, 7) is 5.79. The molecule has 132 valence electrons. The average molecular weight is 341 g/mol. The quantitative estimate of drug-likeness (QED) is 0.915. The topological polar surface area (TPSA) is 38.3 Å². The van der Waals surface area contributed by atoms with Crippen molar-refractivity contribution in [1.29, 1.82) is 0 Å². The van der Waals surface area contributed by atoms with Gasteiger partial charge < -0.3 is 10.1 Å². The lowest BCUT2D eigenvalue weighted by Gasteiger charge is -2.38. The van der Waals surface area contributed by atoms with E-state index < -0.39 is 0 Å². The van der Waals surface area contributed by atoms with Crippen LogP contribution in [0.3, 0.4) is 0 Å². The SMILES string of the molecule is Cc1ccc(C(=O)NCC2(c3ccc(F)cc3)CCOCC2)c(C)c1. The maximum absolute atomic E-state index is 13.3. The number of benzene rings is 2. The van der Waals surface area contributed by atoms with Gasteiger partial charge in [0.25, 0.3) is 5.91 Å². The molecule has 1 aliphatic heterocycles. The van der Waals surface area contributed by atoms with Crippen molar-refractivity contribution < 1.29 is 13.9 Å². The van der Waals surface area contributed by atoms with Crippen molar-refractivity contribution in [3.8, 4) is 0 Å². The molecule has 1 amide bonds. The molecular formula is C21H24FNO2. The molecule has 0 aliphatic carbocycles. The third kappa shape index (κ3) is 3.90. The summed E-state index contributed by atoms with van der Waals surface area (Å²) >= 11 is 0. The molecule has 4 heteroatoms. The van der Waals surface area contributed by atoms with Gasteiger partial charge >= 0.3 is 0 Å². The van der Waals surface area contributed by atoms with E-state index in [4.69, 9.17) is 4.74 Å². The molecule has 1 N–H and O–H groups in total. The minimum absolute atomic E-state index is 0.0644. The third-order valence-corrected chi connectivity index (χ3v) is 5.12. The van der Waals surface area contributed by atoms with Crippen LogP contribution >= 0.6 is 0 Å². The van der Waals surface area contributed by atoms with Crippen molar-refractivity contribution >= 4 is 5.91 Å². The molecule has 0 radical (unpaired) electrons. The molecule has 3 nitrogen and oxygen atoms in total. The van der Waals surface area contributed by atoms with Crippen LogP contribution in [0, 0.1) is 19.7 Å². The average Bonchev–Trinajstić information content (AvgIpc) is 2.61. The number of hydrogen-bond acceptors (Lipinski definition) is 2. The highest BCUT2D eigenvalue weighted by molar-refractivity contribution is 5.95. The van der Waals surface area contributed by atoms with Gasteiger partial charge in [-0.1, -0.05) is 29.8 Å². The van der Waals surface area contributed by atoms with Gasteiger partial charge in [0.2, 0.25) is 0 Å². The highest BCUT2D eigenvalue weighted by Gasteiger charge is 2.35. The number of carbonyl (C=O) groups is 1. The Balaban J connectivity index is 1.79. The predicted octanol–water partition coefficient (Wildman–Crippen LogP) is 3.92. The second-order valence-electron chi connectivity index (χ2n) is 6.90. The molecular weight excluding hydrogens is 317 g/mol. The highest BCUT2D eigenvalue weighted by atomic mass is 19.1. The van der Waals surface area contributed by atoms with Gasteiger partial charge in [-0.25, -0.2) is 4.39 Å². The maximum atomic E-state index is 13.3. The van der Waals surface area contributed by atoms with Crippen LogP contribution < -0.4 is 5.32 Å². The molecule has 0 bridgehead atoms. The molecule has 0 unspecified atom stereocenters. The van der Waals surface area contributed by atoms with E-state index in [2.05, 4.69) is 5.32 Å². The van der Waals surface area contributed by atoms with E-state index in [1.807, 2.05) is 44.2 Å². The predicted molar refractivity (Wildman–Crippen MR) is 96.4 cm³/mol. The van der Waals surface area contributed by atoms with Gasteiger partial charge in [-0.3, -0.25) is 4.79 Å². The number of nitrogens with one attached hydrogen (secondary N) is 1. The van der Waals surface area contributed by atoms with E-state index in [1.165, 1.54) is 12.1 Å². The van der Waals surface area contributed by atoms with E-state index in [1.54, 1.807) is 0 Å². The van der Waals surface area contributed by atoms with Gasteiger partial charge in [-0.05, 0) is 56.0 Å². The Morgan fingerprint density at radius 1 is 1.12 bits per heavy atom. The van der Waals surface area contributed by atoms with E-state index in [0.717, 1.165) is 29.5 Å². The summed E-state index contributed by atoms with van der Waals surface area (Å²) in [5.41, 5.74) is 3.66. The summed E-state index contributed by atoms with van der Waals surface area (Å²) in [4.78, 5) is 12.6. The van der Waals surface area contributed by atoms with Crippen molar-refractivity contribution in [2.45, 2.75) is 32.1 Å². The first-order valence-electron chi connectivity index (χ1n) is 8.69. The molecule has 0 atom stereocenters. The van der Waals surface area contributed by atoms with E-state index in [-0.39, 0.29) is 17.1 Å². The molecule has 3 rings (SSSR count). The zero-order valence-electron chi connectivity index (χ0n) is 14.8. The Morgan fingerprint density at radius 2 is 1.80 bits per heavy atom. The van der Waals surface area contributed by atoms with Gasteiger partial charge in [0.1, 0.15) is 5.82 Å². The van der Waals surface area contributed by atoms with E-state index in [0.29, 0.717) is 25.3 Å². The Labute approximate surface area is 148 Å². The van der Waals surface area contributed by atoms with Gasteiger partial charge in [0.05, 0.1) is 0 Å². The number of carbonyl (C=O) groups excluding carboxylic acids is 1. The molecule has 0 spiro atoms. The summed E-state index contributed by atoms with van der Waals surface area (Å²) < 4.78 is 18.8. The maximum Gasteiger partial charge on any atom is 0.251 e. The zero-order valence-corrected chi connectivity index (χ0v) is 14.8. The minimum Gasteiger partial charge on any atom is -0.381 e. The molecule has 25 heavy (non-hydrogen) atoms. The first-order chi connectivity index (χ1) is 12.0. The third-order valence-electron chi connectivity index (χ3n) is 5.12. The lowest BCUT2D eigenvalue weighted by molar-refractivity contribution is 0.0487. The molecule has 0 saturated carbocycles. The van der Waals surface area contributed by atoms with Crippen LogP contribution in [0.4, 0.5) is 4.39 Å². The summed E-state index contributed by atoms with van der Waals surface area (Å²) in [5, 5.41) is 3.09. The van der Waals surface area contributed by atoms with Crippen LogP contribution in [0.15, 0.2) is 42.5 Å². The monoisotopic (exact) mass is 341 g/mol. The van der Waals surface area contributed by atoms with Crippen molar-refractivity contribution in [2.75, 3.05) is 19.8 Å². The molecule has 0 aromatic heterocycles. The number of aryl methyl sites for hydroxylation is 2. The molecule has 1 heterocycles. The van der Waals surface area contributed by atoms with Crippen molar-refractivity contribution in [3.63, 3.8) is 0 Å². The van der Waals surface area contributed by atoms with Crippen LogP contribution in [0.25, 0.3) is 0 Å². The highest BCUT2D eigenvalue weighted by Crippen LogP contribution is 2.34. The minimum atomic E-state index is -0.245. The first kappa shape index (κ1) is 17.6. The summed E-state index contributed by atoms with van der Waals surface area (Å²) in [6.07, 6.45) is 1.62. The zero-order chi connectivity index (χ0) is 17.9. The van der Waals surface area contributed by atoms with Gasteiger partial charge in [0, 0.05) is 30.7 Å². The van der Waals surface area contributed by atoms with Crippen LogP contribution in [0.5, 0.6) is 0 Å². The molecule has 1 saturated heterocycles. The fraction of sp³-hybridized carbons (Fsp3) is 0.381. The van der Waals surface area contributed by atoms with Crippen molar-refractivity contribution in [3.05, 3.63) is 70.5 Å². The van der Waals surface area contributed by atoms with Crippen LogP contribution in [-0.2, 0) is 10.2 Å². The second-order valence-corrected chi connectivity index (χ2v) is 6.90. The number of hydrogen-bond donors (Lipinski definition) is 1. The number of amides is 1. The lowest BCUT2D eigenvalue weighted by Crippen LogP contribution is -2.44. The smallest absolute Gasteiger partial charge is 0.251 e. The number of halogens is 1. The van der Waals surface area contributed by atoms with E-state index >= 15 is 0 Å². The molecule has 1 aliphatic rings. The standard InChI is InChI=1S/C21H24FNO2/c1-15-3-8-19(16(2)13-15)20(24)23-14-21(9-11-25-12-10-21)17-4-6-18(22)7-5-17/h3-8,13H,9-12,14H2,1-2H3,(H,23,24). The summed E-state index contributed by atoms with van der Waals surface area (Å²) in [6, 6.07) is 12.4. The van der Waals surface area contributed by atoms with Crippen molar-refractivity contribution in [2.24, 2.45) is 0 Å². The summed E-state index contributed by atoms with van der Waals surface area (Å²) in [5.74, 6) is -0.309. The number of rotatable bonds is 4. The normalized spacial score (nSPS) is 16.4. The molecule has 1 fully saturated rings.